The summed E-state index contributed by atoms with van der Waals surface area (Å²) in [6.45, 7) is 26.0. The SMILES string of the molecule is O.[CH-]=O.[CH-]=O.[CH-]=O.[CH-]=O.[CH-]=O.[CH-]=O.[CH-]=O.[CH-]=O.[Co].[Co].[O]=[Co]. The number of hydrogen-bond acceptors (Lipinski definition) is 9. The van der Waals surface area contributed by atoms with Gasteiger partial charge in [-0.1, -0.05) is 0 Å². The molecule has 0 aliphatic rings. The normalized spacial score (nSPS) is 1.76. The third-order valence-electron chi connectivity index (χ3n) is 0. The first kappa shape index (κ1) is 117. The van der Waals surface area contributed by atoms with Crippen LogP contribution in [0.2, 0.25) is 0 Å². The molecular weight excluding hydrogens is 433 g/mol. The van der Waals surface area contributed by atoms with E-state index in [9.17, 15) is 0 Å². The van der Waals surface area contributed by atoms with Crippen molar-refractivity contribution in [1.82, 2.24) is 0 Å². The molecule has 2 radical (unpaired) electrons. The van der Waals surface area contributed by atoms with Crippen LogP contribution in [0.4, 0.5) is 0 Å². The minimum absolute atomic E-state index is 0. The Balaban J connectivity index is -0.00000000426. The Morgan fingerprint density at radius 1 is 0.333 bits per heavy atom. The van der Waals surface area contributed by atoms with Crippen molar-refractivity contribution in [2.24, 2.45) is 0 Å². The molecule has 0 aromatic carbocycles. The van der Waals surface area contributed by atoms with E-state index in [4.69, 9.17) is 42.2 Å². The van der Waals surface area contributed by atoms with Gasteiger partial charge < -0.3 is 43.8 Å². The molecule has 0 rings (SSSR count). The van der Waals surface area contributed by atoms with Crippen LogP contribution >= 0.6 is 0 Å². The Bertz CT molecular complexity index is 58.8. The summed E-state index contributed by atoms with van der Waals surface area (Å²) in [6.07, 6.45) is 0. The van der Waals surface area contributed by atoms with Gasteiger partial charge >= 0.3 is 19.5 Å². The van der Waals surface area contributed by atoms with E-state index in [-0.39, 0.29) is 39.0 Å². The second-order valence-electron chi connectivity index (χ2n) is 0. The van der Waals surface area contributed by atoms with Crippen LogP contribution in [-0.2, 0) is 91.4 Å². The van der Waals surface area contributed by atoms with Crippen LogP contribution in [0.25, 0.3) is 0 Å². The van der Waals surface area contributed by atoms with Gasteiger partial charge in [-0.3, -0.25) is 54.3 Å². The van der Waals surface area contributed by atoms with E-state index in [1.165, 1.54) is 0 Å². The van der Waals surface area contributed by atoms with E-state index in [1.54, 1.807) is 0 Å². The van der Waals surface area contributed by atoms with Gasteiger partial charge in [-0.15, -0.1) is 0 Å². The summed E-state index contributed by atoms with van der Waals surface area (Å²) < 4.78 is 7.94. The molecule has 0 amide bonds. The maximum absolute atomic E-state index is 7.94. The van der Waals surface area contributed by atoms with Crippen molar-refractivity contribution in [2.75, 3.05) is 0 Å². The fourth-order valence-corrected chi connectivity index (χ4v) is 0. The van der Waals surface area contributed by atoms with Gasteiger partial charge in [0.25, 0.3) is 0 Å². The average molecular weight is 443 g/mol. The number of hydrogen-bond donors (Lipinski definition) is 0. The van der Waals surface area contributed by atoms with Gasteiger partial charge in [0.2, 0.25) is 0 Å². The number of carbonyl (C=O) groups excluding carboxylic acids is 8. The Kier molecular flexibility index (Phi) is 17400. The van der Waals surface area contributed by atoms with E-state index >= 15 is 0 Å². The van der Waals surface area contributed by atoms with Crippen LogP contribution < -0.4 is 0 Å². The van der Waals surface area contributed by atoms with Crippen molar-refractivity contribution in [1.29, 1.82) is 0 Å². The summed E-state index contributed by atoms with van der Waals surface area (Å²) in [5, 5.41) is 0. The first-order valence-electron chi connectivity index (χ1n) is 2.02. The molecule has 137 valence electrons. The molecule has 0 heterocycles. The average Bonchev–Trinajstić information content (AvgIpc) is 2.63. The predicted octanol–water partition coefficient (Wildman–Crippen LogP) is -3.14. The van der Waals surface area contributed by atoms with Crippen molar-refractivity contribution < 1.29 is 96.9 Å². The predicted molar refractivity (Wildman–Crippen MR) is 58.3 cm³/mol. The molecule has 0 aliphatic heterocycles. The third-order valence-corrected chi connectivity index (χ3v) is 0. The van der Waals surface area contributed by atoms with Gasteiger partial charge in [0.05, 0.1) is 0 Å². The van der Waals surface area contributed by atoms with E-state index in [0.717, 1.165) is 0 Å². The zero-order valence-corrected chi connectivity index (χ0v) is 12.9. The molecule has 0 aromatic rings. The summed E-state index contributed by atoms with van der Waals surface area (Å²) in [4.78, 5) is 62.0. The van der Waals surface area contributed by atoms with E-state index in [2.05, 4.69) is 70.0 Å². The van der Waals surface area contributed by atoms with Crippen molar-refractivity contribution >= 4 is 54.3 Å². The van der Waals surface area contributed by atoms with Crippen molar-refractivity contribution in [2.45, 2.75) is 0 Å². The molecule has 0 saturated heterocycles. The summed E-state index contributed by atoms with van der Waals surface area (Å²) >= 11 is 2.31. The molecule has 21 heavy (non-hydrogen) atoms. The van der Waals surface area contributed by atoms with Gasteiger partial charge in [-0.25, -0.2) is 0 Å². The van der Waals surface area contributed by atoms with Crippen LogP contribution in [0.1, 0.15) is 0 Å². The molecule has 0 saturated carbocycles. The summed E-state index contributed by atoms with van der Waals surface area (Å²) in [5.41, 5.74) is 0. The summed E-state index contributed by atoms with van der Waals surface area (Å²) in [6, 6.07) is 0. The van der Waals surface area contributed by atoms with Gasteiger partial charge in [-0.2, -0.15) is 0 Å². The fourth-order valence-electron chi connectivity index (χ4n) is 0. The van der Waals surface area contributed by atoms with Gasteiger partial charge in [0, 0.05) is 33.6 Å². The Morgan fingerprint density at radius 3 is 0.333 bits per heavy atom. The Hall–Kier alpha value is -1.36. The van der Waals surface area contributed by atoms with Crippen LogP contribution in [0.3, 0.4) is 0 Å². The second kappa shape index (κ2) is 3130. The second-order valence-corrected chi connectivity index (χ2v) is 0. The fraction of sp³-hybridized carbons (Fsp3) is 0. The molecule has 2 N–H and O–H groups in total. The Morgan fingerprint density at radius 2 is 0.333 bits per heavy atom. The first-order valence-corrected chi connectivity index (χ1v) is 2.45. The molecule has 0 bridgehead atoms. The third kappa shape index (κ3) is 2790. The van der Waals surface area contributed by atoms with Gasteiger partial charge in [-0.05, 0) is 0 Å². The van der Waals surface area contributed by atoms with E-state index in [1.807, 2.05) is 0 Å². The van der Waals surface area contributed by atoms with Gasteiger partial charge in [0.1, 0.15) is 0 Å². The minimum atomic E-state index is 0. The monoisotopic (exact) mass is 443 g/mol. The number of rotatable bonds is 0. The molecule has 0 atom stereocenters. The van der Waals surface area contributed by atoms with E-state index < -0.39 is 0 Å². The van der Waals surface area contributed by atoms with Crippen molar-refractivity contribution in [3.8, 4) is 0 Å². The van der Waals surface area contributed by atoms with Crippen molar-refractivity contribution in [3.63, 3.8) is 0 Å². The molecule has 0 unspecified atom stereocenters. The summed E-state index contributed by atoms with van der Waals surface area (Å²) in [7, 11) is 0. The van der Waals surface area contributed by atoms with Crippen LogP contribution in [0.15, 0.2) is 0 Å². The molecule has 0 spiro atoms. The van der Waals surface area contributed by atoms with Crippen LogP contribution in [0.5, 0.6) is 0 Å². The Labute approximate surface area is 151 Å². The topological polar surface area (TPSA) is 185 Å². The standard InChI is InChI=1S/8CHO.3Co.H2O.O/c8*1-2;;;;;/h8*1H;;;;1H2;/q8*-1;;;;;. The summed E-state index contributed by atoms with van der Waals surface area (Å²) in [5.74, 6) is 0. The molecule has 0 fully saturated rings. The quantitative estimate of drug-likeness (QED) is 0.276. The van der Waals surface area contributed by atoms with Crippen molar-refractivity contribution in [3.05, 3.63) is 0 Å². The maximum atomic E-state index is 7.94. The molecule has 0 aromatic heterocycles. The first-order chi connectivity index (χ1) is 9.00. The molecule has 10 nitrogen and oxygen atoms in total. The zero-order chi connectivity index (χ0) is 18.0. The molecule has 13 heteroatoms. The molecular formula is C8H10Co3O10-8. The van der Waals surface area contributed by atoms with Gasteiger partial charge in [0.15, 0.2) is 0 Å². The van der Waals surface area contributed by atoms with Crippen LogP contribution in [0, 0.1) is 0 Å². The zero-order valence-electron chi connectivity index (χ0n) is 9.79. The van der Waals surface area contributed by atoms with Crippen LogP contribution in [-0.4, -0.2) is 59.8 Å². The van der Waals surface area contributed by atoms with E-state index in [0.29, 0.717) is 0 Å². The molecule has 0 aliphatic carbocycles.